The summed E-state index contributed by atoms with van der Waals surface area (Å²) in [6, 6.07) is 15.2. The second-order valence-electron chi connectivity index (χ2n) is 7.16. The van der Waals surface area contributed by atoms with Crippen LogP contribution >= 0.6 is 0 Å². The van der Waals surface area contributed by atoms with Gasteiger partial charge in [0.1, 0.15) is 12.6 Å². The van der Waals surface area contributed by atoms with Gasteiger partial charge in [-0.1, -0.05) is 61.4 Å². The highest BCUT2D eigenvalue weighted by atomic mass is 16.5. The third-order valence-corrected chi connectivity index (χ3v) is 5.32. The van der Waals surface area contributed by atoms with E-state index in [9.17, 15) is 14.4 Å². The molecule has 2 amide bonds. The van der Waals surface area contributed by atoms with Gasteiger partial charge < -0.3 is 20.1 Å². The van der Waals surface area contributed by atoms with E-state index in [4.69, 9.17) is 9.84 Å². The molecule has 2 N–H and O–H groups in total. The normalized spacial score (nSPS) is 12.6. The third kappa shape index (κ3) is 4.86. The molecule has 7 nitrogen and oxygen atoms in total. The van der Waals surface area contributed by atoms with E-state index in [1.807, 2.05) is 36.4 Å². The lowest BCUT2D eigenvalue weighted by Gasteiger charge is -2.21. The Morgan fingerprint density at radius 1 is 1.10 bits per heavy atom. The van der Waals surface area contributed by atoms with E-state index < -0.39 is 24.0 Å². The van der Waals surface area contributed by atoms with Crippen molar-refractivity contribution in [1.82, 2.24) is 10.2 Å². The van der Waals surface area contributed by atoms with Crippen LogP contribution in [-0.2, 0) is 14.3 Å². The molecule has 160 valence electrons. The molecule has 1 atom stereocenters. The summed E-state index contributed by atoms with van der Waals surface area (Å²) in [6.07, 6.45) is -0.356. The number of carbonyl (C=O) groups is 3. The van der Waals surface area contributed by atoms with Crippen LogP contribution in [-0.4, -0.2) is 54.2 Å². The molecule has 2 aromatic rings. The number of hydrogen-bond acceptors (Lipinski definition) is 4. The molecule has 1 unspecified atom stereocenters. The number of likely N-dealkylation sites (N-methyl/N-ethyl adjacent to an activating group) is 1. The van der Waals surface area contributed by atoms with Crippen LogP contribution in [0.4, 0.5) is 4.79 Å². The van der Waals surface area contributed by atoms with Gasteiger partial charge in [0.05, 0.1) is 6.54 Å². The predicted molar refractivity (Wildman–Crippen MR) is 115 cm³/mol. The number of benzene rings is 2. The first-order valence-electron chi connectivity index (χ1n) is 10.0. The molecule has 1 aliphatic rings. The molecule has 3 rings (SSSR count). The van der Waals surface area contributed by atoms with Crippen LogP contribution < -0.4 is 5.32 Å². The van der Waals surface area contributed by atoms with Crippen molar-refractivity contribution in [1.29, 1.82) is 0 Å². The van der Waals surface area contributed by atoms with Crippen molar-refractivity contribution in [2.45, 2.75) is 25.3 Å². The zero-order valence-corrected chi connectivity index (χ0v) is 17.4. The highest BCUT2D eigenvalue weighted by molar-refractivity contribution is 5.96. The molecule has 0 saturated carbocycles. The van der Waals surface area contributed by atoms with Gasteiger partial charge in [0.15, 0.2) is 0 Å². The monoisotopic (exact) mass is 420 g/mol. The number of aliphatic carboxylic acids is 1. The van der Waals surface area contributed by atoms with E-state index in [1.54, 1.807) is 6.92 Å². The molecule has 0 bridgehead atoms. The molecule has 0 aliphatic heterocycles. The summed E-state index contributed by atoms with van der Waals surface area (Å²) in [7, 11) is 1.39. The number of fused-ring (bicyclic) bond motifs is 3. The number of ether oxygens (including phenoxy) is 1. The fourth-order valence-electron chi connectivity index (χ4n) is 3.73. The molecule has 31 heavy (non-hydrogen) atoms. The third-order valence-electron chi connectivity index (χ3n) is 5.32. The topological polar surface area (TPSA) is 95.9 Å². The second-order valence-corrected chi connectivity index (χ2v) is 7.16. The van der Waals surface area contributed by atoms with Gasteiger partial charge >= 0.3 is 12.1 Å². The van der Waals surface area contributed by atoms with Gasteiger partial charge in [0, 0.05) is 13.0 Å². The minimum absolute atomic E-state index is 0.0403. The fourth-order valence-corrected chi connectivity index (χ4v) is 3.73. The van der Waals surface area contributed by atoms with Crippen molar-refractivity contribution in [3.8, 4) is 23.0 Å². The van der Waals surface area contributed by atoms with Crippen LogP contribution in [0.5, 0.6) is 0 Å². The first-order valence-corrected chi connectivity index (χ1v) is 10.0. The first-order chi connectivity index (χ1) is 14.9. The Labute approximate surface area is 181 Å². The minimum atomic E-state index is -1.09. The molecule has 0 fully saturated rings. The highest BCUT2D eigenvalue weighted by Crippen LogP contribution is 2.44. The summed E-state index contributed by atoms with van der Waals surface area (Å²) in [5.41, 5.74) is 4.53. The van der Waals surface area contributed by atoms with Crippen molar-refractivity contribution in [2.24, 2.45) is 0 Å². The molecule has 0 spiro atoms. The van der Waals surface area contributed by atoms with E-state index in [-0.39, 0.29) is 25.5 Å². The van der Waals surface area contributed by atoms with Gasteiger partial charge in [-0.05, 0) is 34.6 Å². The Hall–Kier alpha value is -3.79. The molecular weight excluding hydrogens is 396 g/mol. The zero-order chi connectivity index (χ0) is 22.4. The molecule has 0 radical (unpaired) electrons. The van der Waals surface area contributed by atoms with Gasteiger partial charge in [0.25, 0.3) is 5.91 Å². The summed E-state index contributed by atoms with van der Waals surface area (Å²) in [4.78, 5) is 36.2. The molecule has 1 aliphatic carbocycles. The lowest BCUT2D eigenvalue weighted by atomic mass is 9.98. The van der Waals surface area contributed by atoms with Crippen molar-refractivity contribution in [3.05, 3.63) is 59.7 Å². The van der Waals surface area contributed by atoms with E-state index >= 15 is 0 Å². The van der Waals surface area contributed by atoms with Gasteiger partial charge in [0.2, 0.25) is 0 Å². The standard InChI is InChI=1S/C24H24N2O5/c1-3-21(23(28)29)26(2)22(27)13-8-14-25-24(30)31-15-20-18-11-6-4-9-16(18)17-10-5-7-12-19(17)20/h4-7,9-12,20-21H,3,14-15H2,1-2H3,(H,25,30)(H,28,29). The number of alkyl carbamates (subject to hydrolysis) is 1. The number of nitrogens with zero attached hydrogens (tertiary/aromatic N) is 1. The maximum absolute atomic E-state index is 12.1. The minimum Gasteiger partial charge on any atom is -0.480 e. The Kier molecular flexibility index (Phi) is 6.93. The van der Waals surface area contributed by atoms with Crippen LogP contribution in [0.1, 0.15) is 30.4 Å². The number of carboxylic acid groups (broad SMARTS) is 1. The van der Waals surface area contributed by atoms with Gasteiger partial charge in [-0.15, -0.1) is 0 Å². The van der Waals surface area contributed by atoms with E-state index in [2.05, 4.69) is 29.3 Å². The summed E-state index contributed by atoms with van der Waals surface area (Å²) >= 11 is 0. The zero-order valence-electron chi connectivity index (χ0n) is 17.4. The predicted octanol–water partition coefficient (Wildman–Crippen LogP) is 2.85. The van der Waals surface area contributed by atoms with Crippen LogP contribution in [0.25, 0.3) is 11.1 Å². The van der Waals surface area contributed by atoms with Crippen LogP contribution in [0, 0.1) is 11.8 Å². The highest BCUT2D eigenvalue weighted by Gasteiger charge is 2.29. The smallest absolute Gasteiger partial charge is 0.407 e. The maximum atomic E-state index is 12.1. The fraction of sp³-hybridized carbons (Fsp3) is 0.292. The first kappa shape index (κ1) is 21.9. The van der Waals surface area contributed by atoms with Crippen molar-refractivity contribution < 1.29 is 24.2 Å². The van der Waals surface area contributed by atoms with E-state index in [1.165, 1.54) is 7.05 Å². The number of amides is 2. The maximum Gasteiger partial charge on any atom is 0.407 e. The largest absolute Gasteiger partial charge is 0.480 e. The van der Waals surface area contributed by atoms with Gasteiger partial charge in [-0.2, -0.15) is 0 Å². The molecule has 0 saturated heterocycles. The molecule has 2 aromatic carbocycles. The SMILES string of the molecule is CCC(C(=O)O)N(C)C(=O)C#CCNC(=O)OCC1c2ccccc2-c2ccccc21. The Morgan fingerprint density at radius 3 is 2.23 bits per heavy atom. The number of carboxylic acids is 1. The Bertz CT molecular complexity index is 1010. The summed E-state index contributed by atoms with van der Waals surface area (Å²) < 4.78 is 5.39. The van der Waals surface area contributed by atoms with E-state index in [0.717, 1.165) is 27.2 Å². The number of carbonyl (C=O) groups excluding carboxylic acids is 2. The second kappa shape index (κ2) is 9.81. The van der Waals surface area contributed by atoms with Gasteiger partial charge in [-0.25, -0.2) is 9.59 Å². The number of rotatable bonds is 6. The van der Waals surface area contributed by atoms with Crippen LogP contribution in [0.3, 0.4) is 0 Å². The molecule has 7 heteroatoms. The average molecular weight is 420 g/mol. The Balaban J connectivity index is 1.53. The van der Waals surface area contributed by atoms with Crippen LogP contribution in [0.2, 0.25) is 0 Å². The summed E-state index contributed by atoms with van der Waals surface area (Å²) in [5, 5.41) is 11.6. The van der Waals surface area contributed by atoms with Crippen molar-refractivity contribution in [2.75, 3.05) is 20.2 Å². The molecule has 0 heterocycles. The lowest BCUT2D eigenvalue weighted by molar-refractivity contribution is -0.147. The summed E-state index contributed by atoms with van der Waals surface area (Å²) in [5.74, 6) is 3.11. The average Bonchev–Trinajstić information content (AvgIpc) is 3.09. The Morgan fingerprint density at radius 2 is 1.68 bits per heavy atom. The van der Waals surface area contributed by atoms with Crippen LogP contribution in [0.15, 0.2) is 48.5 Å². The van der Waals surface area contributed by atoms with E-state index in [0.29, 0.717) is 0 Å². The molecule has 0 aromatic heterocycles. The molecular formula is C24H24N2O5. The van der Waals surface area contributed by atoms with Crippen molar-refractivity contribution >= 4 is 18.0 Å². The van der Waals surface area contributed by atoms with Gasteiger partial charge in [-0.3, -0.25) is 4.79 Å². The number of nitrogens with one attached hydrogen (secondary N) is 1. The number of hydrogen-bond donors (Lipinski definition) is 2. The lowest BCUT2D eigenvalue weighted by Crippen LogP contribution is -2.41. The van der Waals surface area contributed by atoms with Crippen molar-refractivity contribution in [3.63, 3.8) is 0 Å². The summed E-state index contributed by atoms with van der Waals surface area (Å²) in [6.45, 7) is 1.78. The quantitative estimate of drug-likeness (QED) is 0.701.